The number of hydrogen-bond acceptors (Lipinski definition) is 3. The Balaban J connectivity index is 2.18. The molecule has 1 N–H and O–H groups in total. The molecule has 6 heteroatoms. The Labute approximate surface area is 111 Å². The summed E-state index contributed by atoms with van der Waals surface area (Å²) >= 11 is 0. The number of ether oxygens (including phenoxy) is 1. The number of carbonyl (C=O) groups excluding carboxylic acids is 1. The number of nitrogens with zero attached hydrogens (tertiary/aromatic N) is 2. The van der Waals surface area contributed by atoms with Crippen molar-refractivity contribution in [1.82, 2.24) is 9.47 Å². The van der Waals surface area contributed by atoms with Crippen molar-refractivity contribution in [3.05, 3.63) is 24.0 Å². The van der Waals surface area contributed by atoms with E-state index >= 15 is 0 Å². The van der Waals surface area contributed by atoms with Crippen LogP contribution in [0.3, 0.4) is 0 Å². The lowest BCUT2D eigenvalue weighted by molar-refractivity contribution is -0.137. The van der Waals surface area contributed by atoms with E-state index in [1.807, 2.05) is 6.92 Å². The maximum absolute atomic E-state index is 12.5. The van der Waals surface area contributed by atoms with Gasteiger partial charge in [0.25, 0.3) is 5.91 Å². The van der Waals surface area contributed by atoms with E-state index in [-0.39, 0.29) is 18.5 Å². The summed E-state index contributed by atoms with van der Waals surface area (Å²) in [6.45, 7) is 3.43. The van der Waals surface area contributed by atoms with Crippen LogP contribution in [0.2, 0.25) is 0 Å². The number of carbonyl (C=O) groups is 2. The Morgan fingerprint density at radius 2 is 2.32 bits per heavy atom. The van der Waals surface area contributed by atoms with Crippen LogP contribution in [0.4, 0.5) is 0 Å². The average molecular weight is 266 g/mol. The second-order valence-electron chi connectivity index (χ2n) is 4.55. The Bertz CT molecular complexity index is 469. The minimum Gasteiger partial charge on any atom is -0.480 e. The van der Waals surface area contributed by atoms with E-state index in [0.717, 1.165) is 6.42 Å². The predicted molar refractivity (Wildman–Crippen MR) is 68.0 cm³/mol. The normalized spacial score (nSPS) is 19.4. The highest BCUT2D eigenvalue weighted by atomic mass is 16.5. The third-order valence-electron chi connectivity index (χ3n) is 3.31. The molecule has 1 aliphatic heterocycles. The van der Waals surface area contributed by atoms with Crippen LogP contribution < -0.4 is 0 Å². The van der Waals surface area contributed by atoms with Crippen molar-refractivity contribution in [3.8, 4) is 0 Å². The molecular weight excluding hydrogens is 248 g/mol. The molecule has 1 fully saturated rings. The van der Waals surface area contributed by atoms with E-state index in [9.17, 15) is 9.59 Å². The number of aliphatic carboxylic acids is 1. The minimum atomic E-state index is -0.959. The molecule has 0 radical (unpaired) electrons. The van der Waals surface area contributed by atoms with Gasteiger partial charge >= 0.3 is 5.97 Å². The quantitative estimate of drug-likeness (QED) is 0.876. The van der Waals surface area contributed by atoms with Crippen LogP contribution in [0.1, 0.15) is 23.8 Å². The molecular formula is C13H18N2O4. The van der Waals surface area contributed by atoms with E-state index < -0.39 is 5.97 Å². The number of amides is 1. The summed E-state index contributed by atoms with van der Waals surface area (Å²) in [5, 5.41) is 8.83. The van der Waals surface area contributed by atoms with Gasteiger partial charge in [-0.1, -0.05) is 6.92 Å². The Hall–Kier alpha value is -1.82. The van der Waals surface area contributed by atoms with Crippen molar-refractivity contribution in [1.29, 1.82) is 0 Å². The molecule has 2 rings (SSSR count). The maximum Gasteiger partial charge on any atom is 0.323 e. The minimum absolute atomic E-state index is 0.0643. The lowest BCUT2D eigenvalue weighted by Crippen LogP contribution is -2.48. The van der Waals surface area contributed by atoms with Gasteiger partial charge in [0.15, 0.2) is 0 Å². The van der Waals surface area contributed by atoms with Crippen molar-refractivity contribution in [3.63, 3.8) is 0 Å². The summed E-state index contributed by atoms with van der Waals surface area (Å²) in [5.41, 5.74) is 0.419. The maximum atomic E-state index is 12.5. The number of morpholine rings is 1. The van der Waals surface area contributed by atoms with Gasteiger partial charge in [0.1, 0.15) is 12.2 Å². The van der Waals surface area contributed by atoms with Crippen LogP contribution in [0.15, 0.2) is 18.3 Å². The lowest BCUT2D eigenvalue weighted by atomic mass is 10.1. The summed E-state index contributed by atoms with van der Waals surface area (Å²) in [7, 11) is 0. The third-order valence-corrected chi connectivity index (χ3v) is 3.31. The molecule has 1 unspecified atom stereocenters. The zero-order valence-electron chi connectivity index (χ0n) is 10.9. The molecule has 2 heterocycles. The number of carboxylic acid groups (broad SMARTS) is 1. The zero-order chi connectivity index (χ0) is 13.8. The van der Waals surface area contributed by atoms with Gasteiger partial charge in [0.05, 0.1) is 19.3 Å². The smallest absolute Gasteiger partial charge is 0.323 e. The van der Waals surface area contributed by atoms with Crippen LogP contribution >= 0.6 is 0 Å². The fraction of sp³-hybridized carbons (Fsp3) is 0.538. The van der Waals surface area contributed by atoms with Crippen molar-refractivity contribution in [2.45, 2.75) is 25.9 Å². The molecule has 0 aromatic carbocycles. The Kier molecular flexibility index (Phi) is 4.21. The monoisotopic (exact) mass is 266 g/mol. The average Bonchev–Trinajstić information content (AvgIpc) is 2.85. The van der Waals surface area contributed by atoms with E-state index in [2.05, 4.69) is 0 Å². The molecule has 104 valence electrons. The Morgan fingerprint density at radius 3 is 3.00 bits per heavy atom. The first-order valence-electron chi connectivity index (χ1n) is 6.39. The lowest BCUT2D eigenvalue weighted by Gasteiger charge is -2.35. The molecule has 1 atom stereocenters. The molecule has 0 saturated carbocycles. The fourth-order valence-electron chi connectivity index (χ4n) is 2.30. The van der Waals surface area contributed by atoms with Gasteiger partial charge in [-0.25, -0.2) is 0 Å². The standard InChI is InChI=1S/C13H18N2O4/c1-2-10-9-19-7-6-15(10)13(18)11-4-3-5-14(11)8-12(16)17/h3-5,10H,2,6-9H2,1H3,(H,16,17). The molecule has 1 aliphatic rings. The summed E-state index contributed by atoms with van der Waals surface area (Å²) in [6.07, 6.45) is 2.44. The number of carboxylic acids is 1. The SMILES string of the molecule is CCC1COCCN1C(=O)c1cccn1CC(=O)O. The highest BCUT2D eigenvalue weighted by molar-refractivity contribution is 5.93. The van der Waals surface area contributed by atoms with Crippen LogP contribution in [-0.2, 0) is 16.1 Å². The second kappa shape index (κ2) is 5.88. The largest absolute Gasteiger partial charge is 0.480 e. The molecule has 6 nitrogen and oxygen atoms in total. The summed E-state index contributed by atoms with van der Waals surface area (Å²) in [5.74, 6) is -1.08. The number of hydrogen-bond donors (Lipinski definition) is 1. The molecule has 1 saturated heterocycles. The van der Waals surface area contributed by atoms with Gasteiger partial charge in [-0.05, 0) is 18.6 Å². The van der Waals surface area contributed by atoms with Gasteiger partial charge < -0.3 is 19.3 Å². The van der Waals surface area contributed by atoms with Crippen LogP contribution in [0, 0.1) is 0 Å². The van der Waals surface area contributed by atoms with Gasteiger partial charge in [-0.2, -0.15) is 0 Å². The number of rotatable bonds is 4. The molecule has 0 bridgehead atoms. The number of aromatic nitrogens is 1. The zero-order valence-corrected chi connectivity index (χ0v) is 10.9. The molecule has 0 spiro atoms. The van der Waals surface area contributed by atoms with Crippen LogP contribution in [0.25, 0.3) is 0 Å². The molecule has 1 aromatic rings. The van der Waals surface area contributed by atoms with Gasteiger partial charge in [0, 0.05) is 12.7 Å². The molecule has 1 aromatic heterocycles. The van der Waals surface area contributed by atoms with Crippen LogP contribution in [0.5, 0.6) is 0 Å². The first-order chi connectivity index (χ1) is 9.13. The topological polar surface area (TPSA) is 71.8 Å². The molecule has 19 heavy (non-hydrogen) atoms. The summed E-state index contributed by atoms with van der Waals surface area (Å²) < 4.78 is 6.84. The fourth-order valence-corrected chi connectivity index (χ4v) is 2.30. The Morgan fingerprint density at radius 1 is 1.53 bits per heavy atom. The van der Waals surface area contributed by atoms with Gasteiger partial charge in [0.2, 0.25) is 0 Å². The van der Waals surface area contributed by atoms with Gasteiger partial charge in [-0.3, -0.25) is 9.59 Å². The summed E-state index contributed by atoms with van der Waals surface area (Å²) in [6, 6.07) is 3.42. The van der Waals surface area contributed by atoms with E-state index in [1.165, 1.54) is 4.57 Å². The van der Waals surface area contributed by atoms with Crippen molar-refractivity contribution < 1.29 is 19.4 Å². The van der Waals surface area contributed by atoms with Crippen molar-refractivity contribution >= 4 is 11.9 Å². The third kappa shape index (κ3) is 2.96. The van der Waals surface area contributed by atoms with Crippen molar-refractivity contribution in [2.75, 3.05) is 19.8 Å². The first-order valence-corrected chi connectivity index (χ1v) is 6.39. The van der Waals surface area contributed by atoms with Gasteiger partial charge in [-0.15, -0.1) is 0 Å². The first kappa shape index (κ1) is 13.6. The van der Waals surface area contributed by atoms with Crippen LogP contribution in [-0.4, -0.2) is 52.3 Å². The molecule has 1 amide bonds. The highest BCUT2D eigenvalue weighted by Gasteiger charge is 2.28. The predicted octanol–water partition coefficient (Wildman–Crippen LogP) is 0.824. The molecule has 0 aliphatic carbocycles. The van der Waals surface area contributed by atoms with E-state index in [4.69, 9.17) is 9.84 Å². The van der Waals surface area contributed by atoms with Crippen molar-refractivity contribution in [2.24, 2.45) is 0 Å². The highest BCUT2D eigenvalue weighted by Crippen LogP contribution is 2.15. The van der Waals surface area contributed by atoms with E-state index in [0.29, 0.717) is 25.5 Å². The second-order valence-corrected chi connectivity index (χ2v) is 4.55. The van der Waals surface area contributed by atoms with E-state index in [1.54, 1.807) is 23.2 Å². The summed E-state index contributed by atoms with van der Waals surface area (Å²) in [4.78, 5) is 25.0.